The summed E-state index contributed by atoms with van der Waals surface area (Å²) in [5, 5.41) is 21.1. The Bertz CT molecular complexity index is 166. The highest BCUT2D eigenvalue weighted by atomic mass is 16.5. The zero-order valence-corrected chi connectivity index (χ0v) is 6.46. The van der Waals surface area contributed by atoms with E-state index in [1.807, 2.05) is 0 Å². The van der Waals surface area contributed by atoms with Gasteiger partial charge in [-0.2, -0.15) is 0 Å². The Labute approximate surface area is 69.3 Å². The summed E-state index contributed by atoms with van der Waals surface area (Å²) in [5.74, 6) is 0. The van der Waals surface area contributed by atoms with E-state index in [4.69, 9.17) is 10.5 Å². The number of aliphatic hydroxyl groups is 2. The molecule has 0 bridgehead atoms. The van der Waals surface area contributed by atoms with E-state index in [9.17, 15) is 15.1 Å². The molecule has 1 fully saturated rings. The van der Waals surface area contributed by atoms with Crippen molar-refractivity contribution >= 4 is 0 Å². The van der Waals surface area contributed by atoms with Crippen LogP contribution in [0.15, 0.2) is 5.18 Å². The number of nitrogens with two attached hydrogens (primary N) is 1. The Morgan fingerprint density at radius 1 is 1.58 bits per heavy atom. The molecule has 0 aromatic carbocycles. The van der Waals surface area contributed by atoms with Crippen LogP contribution in [-0.4, -0.2) is 41.3 Å². The van der Waals surface area contributed by atoms with Crippen molar-refractivity contribution in [2.45, 2.75) is 31.0 Å². The largest absolute Gasteiger partial charge is 0.390 e. The van der Waals surface area contributed by atoms with Crippen molar-refractivity contribution in [1.82, 2.24) is 0 Å². The highest BCUT2D eigenvalue weighted by Gasteiger charge is 2.36. The van der Waals surface area contributed by atoms with Crippen LogP contribution in [-0.2, 0) is 4.74 Å². The molecule has 0 spiro atoms. The molecule has 6 nitrogen and oxygen atoms in total. The summed E-state index contributed by atoms with van der Waals surface area (Å²) in [4.78, 5) is 10.1. The fraction of sp³-hybridized carbons (Fsp3) is 1.00. The van der Waals surface area contributed by atoms with Gasteiger partial charge in [-0.05, 0) is 5.18 Å². The molecule has 1 rings (SSSR count). The van der Waals surface area contributed by atoms with E-state index in [1.54, 1.807) is 0 Å². The van der Waals surface area contributed by atoms with Crippen LogP contribution in [0.25, 0.3) is 0 Å². The number of hydrogen-bond acceptors (Lipinski definition) is 6. The SMILES string of the molecule is NC[C@@H]1O[C@H](N=O)CC(O)[C@@H]1O. The van der Waals surface area contributed by atoms with Crippen molar-refractivity contribution in [2.24, 2.45) is 10.9 Å². The zero-order chi connectivity index (χ0) is 9.14. The number of rotatable bonds is 2. The second-order valence-electron chi connectivity index (χ2n) is 2.76. The van der Waals surface area contributed by atoms with Crippen molar-refractivity contribution in [2.75, 3.05) is 6.54 Å². The minimum absolute atomic E-state index is 0.0289. The van der Waals surface area contributed by atoms with Crippen LogP contribution >= 0.6 is 0 Å². The molecule has 4 N–H and O–H groups in total. The van der Waals surface area contributed by atoms with Crippen LogP contribution in [0, 0.1) is 4.91 Å². The standard InChI is InChI=1S/C6H12N2O4/c7-2-4-6(10)3(9)1-5(8-11)12-4/h3-6,9-10H,1-2,7H2/t3?,4-,5-,6-/m0/s1. The summed E-state index contributed by atoms with van der Waals surface area (Å²) >= 11 is 0. The molecule has 0 aliphatic carbocycles. The maximum absolute atomic E-state index is 10.1. The van der Waals surface area contributed by atoms with Crippen LogP contribution < -0.4 is 5.73 Å². The predicted molar refractivity (Wildman–Crippen MR) is 40.1 cm³/mol. The minimum atomic E-state index is -1.02. The molecule has 0 aromatic heterocycles. The highest BCUT2D eigenvalue weighted by molar-refractivity contribution is 4.84. The van der Waals surface area contributed by atoms with Gasteiger partial charge in [0, 0.05) is 13.0 Å². The van der Waals surface area contributed by atoms with Gasteiger partial charge in [0.1, 0.15) is 12.2 Å². The molecular weight excluding hydrogens is 164 g/mol. The molecule has 70 valence electrons. The number of ether oxygens (including phenoxy) is 1. The summed E-state index contributed by atoms with van der Waals surface area (Å²) in [5.41, 5.74) is 5.23. The first-order valence-electron chi connectivity index (χ1n) is 3.73. The number of nitrogens with zero attached hydrogens (tertiary/aromatic N) is 1. The summed E-state index contributed by atoms with van der Waals surface area (Å²) in [7, 11) is 0. The van der Waals surface area contributed by atoms with Gasteiger partial charge < -0.3 is 20.7 Å². The van der Waals surface area contributed by atoms with Gasteiger partial charge in [-0.15, -0.1) is 4.91 Å². The highest BCUT2D eigenvalue weighted by Crippen LogP contribution is 2.20. The number of aliphatic hydroxyl groups excluding tert-OH is 2. The Morgan fingerprint density at radius 3 is 2.75 bits per heavy atom. The Morgan fingerprint density at radius 2 is 2.25 bits per heavy atom. The van der Waals surface area contributed by atoms with E-state index in [2.05, 4.69) is 5.18 Å². The van der Waals surface area contributed by atoms with Gasteiger partial charge in [-0.3, -0.25) is 0 Å². The minimum Gasteiger partial charge on any atom is -0.390 e. The molecule has 6 heteroatoms. The van der Waals surface area contributed by atoms with E-state index in [-0.39, 0.29) is 13.0 Å². The van der Waals surface area contributed by atoms with E-state index in [0.717, 1.165) is 0 Å². The predicted octanol–water partition coefficient (Wildman–Crippen LogP) is -1.45. The van der Waals surface area contributed by atoms with Gasteiger partial charge in [0.2, 0.25) is 0 Å². The summed E-state index contributed by atoms with van der Waals surface area (Å²) in [6.07, 6.45) is -3.56. The van der Waals surface area contributed by atoms with Crippen molar-refractivity contribution in [3.8, 4) is 0 Å². The second kappa shape index (κ2) is 3.90. The summed E-state index contributed by atoms with van der Waals surface area (Å²) in [6.45, 7) is 0.0598. The second-order valence-corrected chi connectivity index (χ2v) is 2.76. The molecule has 0 aromatic rings. The molecule has 4 atom stereocenters. The number of nitroso groups, excluding NO2 is 1. The van der Waals surface area contributed by atoms with E-state index >= 15 is 0 Å². The van der Waals surface area contributed by atoms with E-state index < -0.39 is 24.5 Å². The quantitative estimate of drug-likeness (QED) is 0.446. The topological polar surface area (TPSA) is 105 Å². The summed E-state index contributed by atoms with van der Waals surface area (Å²) in [6, 6.07) is 0. The van der Waals surface area contributed by atoms with Crippen molar-refractivity contribution in [3.63, 3.8) is 0 Å². The molecule has 1 aliphatic rings. The van der Waals surface area contributed by atoms with E-state index in [0.29, 0.717) is 0 Å². The molecule has 12 heavy (non-hydrogen) atoms. The monoisotopic (exact) mass is 176 g/mol. The lowest BCUT2D eigenvalue weighted by atomic mass is 10.0. The molecule has 0 saturated carbocycles. The number of hydrogen-bond donors (Lipinski definition) is 3. The molecule has 1 unspecified atom stereocenters. The maximum atomic E-state index is 10.1. The fourth-order valence-corrected chi connectivity index (χ4v) is 1.19. The lowest BCUT2D eigenvalue weighted by Gasteiger charge is -2.33. The van der Waals surface area contributed by atoms with Gasteiger partial charge in [0.25, 0.3) is 0 Å². The normalized spacial score (nSPS) is 42.6. The maximum Gasteiger partial charge on any atom is 0.192 e. The molecule has 0 radical (unpaired) electrons. The van der Waals surface area contributed by atoms with Gasteiger partial charge in [0.05, 0.1) is 6.10 Å². The molecule has 1 aliphatic heterocycles. The van der Waals surface area contributed by atoms with Crippen LogP contribution in [0.1, 0.15) is 6.42 Å². The fourth-order valence-electron chi connectivity index (χ4n) is 1.19. The Kier molecular flexibility index (Phi) is 3.10. The zero-order valence-electron chi connectivity index (χ0n) is 6.46. The van der Waals surface area contributed by atoms with Crippen LogP contribution in [0.3, 0.4) is 0 Å². The average molecular weight is 176 g/mol. The lowest BCUT2D eigenvalue weighted by molar-refractivity contribution is -0.162. The first kappa shape index (κ1) is 9.53. The van der Waals surface area contributed by atoms with E-state index in [1.165, 1.54) is 0 Å². The average Bonchev–Trinajstić information content (AvgIpc) is 2.09. The molecule has 1 saturated heterocycles. The van der Waals surface area contributed by atoms with Crippen molar-refractivity contribution in [3.05, 3.63) is 4.91 Å². The third kappa shape index (κ3) is 1.78. The molecule has 0 amide bonds. The Balaban J connectivity index is 2.57. The molecule has 1 heterocycles. The van der Waals surface area contributed by atoms with Gasteiger partial charge in [-0.25, -0.2) is 0 Å². The van der Waals surface area contributed by atoms with Gasteiger partial charge in [0.15, 0.2) is 6.23 Å². The first-order chi connectivity index (χ1) is 5.69. The van der Waals surface area contributed by atoms with Crippen LogP contribution in [0.5, 0.6) is 0 Å². The third-order valence-corrected chi connectivity index (χ3v) is 1.90. The lowest BCUT2D eigenvalue weighted by Crippen LogP contribution is -2.50. The van der Waals surface area contributed by atoms with Crippen molar-refractivity contribution < 1.29 is 14.9 Å². The smallest absolute Gasteiger partial charge is 0.192 e. The van der Waals surface area contributed by atoms with Gasteiger partial charge >= 0.3 is 0 Å². The van der Waals surface area contributed by atoms with Crippen molar-refractivity contribution in [1.29, 1.82) is 0 Å². The van der Waals surface area contributed by atoms with Crippen LogP contribution in [0.2, 0.25) is 0 Å². The first-order valence-corrected chi connectivity index (χ1v) is 3.73. The van der Waals surface area contributed by atoms with Gasteiger partial charge in [-0.1, -0.05) is 0 Å². The van der Waals surface area contributed by atoms with Crippen LogP contribution in [0.4, 0.5) is 0 Å². The third-order valence-electron chi connectivity index (χ3n) is 1.90. The summed E-state index contributed by atoms with van der Waals surface area (Å²) < 4.78 is 4.95. The molecular formula is C6H12N2O4. The Hall–Kier alpha value is -0.560.